The second-order valence-electron chi connectivity index (χ2n) is 18.4. The predicted molar refractivity (Wildman–Crippen MR) is 289 cm³/mol. The van der Waals surface area contributed by atoms with Crippen LogP contribution in [0.5, 0.6) is 0 Å². The maximum atomic E-state index is 6.52. The highest BCUT2D eigenvalue weighted by Crippen LogP contribution is 2.57. The summed E-state index contributed by atoms with van der Waals surface area (Å²) in [5.41, 5.74) is 16.7. The van der Waals surface area contributed by atoms with Crippen molar-refractivity contribution < 1.29 is 4.42 Å². The number of anilines is 3. The van der Waals surface area contributed by atoms with Crippen LogP contribution in [0.1, 0.15) is 22.3 Å². The third-order valence-corrected chi connectivity index (χ3v) is 14.7. The van der Waals surface area contributed by atoms with Crippen molar-refractivity contribution in [3.63, 3.8) is 0 Å². The summed E-state index contributed by atoms with van der Waals surface area (Å²) < 4.78 is 6.52. The van der Waals surface area contributed by atoms with Gasteiger partial charge < -0.3 is 9.32 Å². The van der Waals surface area contributed by atoms with Gasteiger partial charge in [0.15, 0.2) is 0 Å². The van der Waals surface area contributed by atoms with Crippen molar-refractivity contribution >= 4 is 71.3 Å². The molecule has 2 heteroatoms. The zero-order chi connectivity index (χ0) is 45.5. The summed E-state index contributed by atoms with van der Waals surface area (Å²) in [6, 6.07) is 95.8. The molecule has 14 rings (SSSR count). The van der Waals surface area contributed by atoms with Gasteiger partial charge in [-0.05, 0) is 143 Å². The molecular formula is C67H43NO. The quantitative estimate of drug-likeness (QED) is 0.148. The average Bonchev–Trinajstić information content (AvgIpc) is 3.93. The Balaban J connectivity index is 0.997. The molecule has 1 aliphatic rings. The number of hydrogen-bond donors (Lipinski definition) is 0. The lowest BCUT2D eigenvalue weighted by Gasteiger charge is -2.35. The normalized spacial score (nSPS) is 12.8. The van der Waals surface area contributed by atoms with Gasteiger partial charge in [0.2, 0.25) is 0 Å². The molecule has 0 amide bonds. The Bertz CT molecular complexity index is 4090. The van der Waals surface area contributed by atoms with Gasteiger partial charge in [-0.3, -0.25) is 0 Å². The largest absolute Gasteiger partial charge is 0.456 e. The van der Waals surface area contributed by atoms with Gasteiger partial charge in [-0.2, -0.15) is 0 Å². The molecule has 0 bridgehead atoms. The van der Waals surface area contributed by atoms with Gasteiger partial charge in [0.25, 0.3) is 0 Å². The molecule has 0 saturated carbocycles. The van der Waals surface area contributed by atoms with Gasteiger partial charge in [0.05, 0.1) is 11.1 Å². The summed E-state index contributed by atoms with van der Waals surface area (Å²) >= 11 is 0. The van der Waals surface area contributed by atoms with Crippen LogP contribution in [-0.4, -0.2) is 0 Å². The first-order valence-corrected chi connectivity index (χ1v) is 23.8. The van der Waals surface area contributed by atoms with Crippen molar-refractivity contribution in [2.45, 2.75) is 5.41 Å². The lowest BCUT2D eigenvalue weighted by atomic mass is 9.67. The lowest BCUT2D eigenvalue weighted by Crippen LogP contribution is -2.28. The van der Waals surface area contributed by atoms with Gasteiger partial charge in [0, 0.05) is 27.7 Å². The summed E-state index contributed by atoms with van der Waals surface area (Å²) in [6.45, 7) is 0. The average molecular weight is 878 g/mol. The van der Waals surface area contributed by atoms with E-state index in [1.165, 1.54) is 76.8 Å². The maximum Gasteiger partial charge on any atom is 0.136 e. The molecule has 2 nitrogen and oxygen atoms in total. The van der Waals surface area contributed by atoms with Crippen LogP contribution in [0.25, 0.3) is 87.6 Å². The van der Waals surface area contributed by atoms with Crippen molar-refractivity contribution in [2.24, 2.45) is 0 Å². The molecule has 12 aromatic carbocycles. The molecule has 0 radical (unpaired) electrons. The van der Waals surface area contributed by atoms with E-state index < -0.39 is 5.41 Å². The van der Waals surface area contributed by atoms with E-state index >= 15 is 0 Å². The fourth-order valence-electron chi connectivity index (χ4n) is 11.6. The molecule has 0 atom stereocenters. The van der Waals surface area contributed by atoms with Crippen LogP contribution in [0.2, 0.25) is 0 Å². The first kappa shape index (κ1) is 39.2. The lowest BCUT2D eigenvalue weighted by molar-refractivity contribution is 0.669. The third-order valence-electron chi connectivity index (χ3n) is 14.7. The molecule has 13 aromatic rings. The Kier molecular flexibility index (Phi) is 8.84. The Morgan fingerprint density at radius 3 is 1.62 bits per heavy atom. The number of hydrogen-bond acceptors (Lipinski definition) is 2. The molecule has 0 saturated heterocycles. The fourth-order valence-corrected chi connectivity index (χ4v) is 11.6. The second kappa shape index (κ2) is 15.6. The van der Waals surface area contributed by atoms with Crippen molar-refractivity contribution in [3.8, 4) is 33.4 Å². The van der Waals surface area contributed by atoms with Crippen molar-refractivity contribution in [1.29, 1.82) is 0 Å². The highest BCUT2D eigenvalue weighted by Gasteiger charge is 2.46. The highest BCUT2D eigenvalue weighted by molar-refractivity contribution is 6.14. The number of furan rings is 1. The molecule has 322 valence electrons. The number of benzene rings is 12. The summed E-state index contributed by atoms with van der Waals surface area (Å²) in [7, 11) is 0. The van der Waals surface area contributed by atoms with Crippen LogP contribution in [0, 0.1) is 0 Å². The Hall–Kier alpha value is -8.98. The Labute approximate surface area is 400 Å². The van der Waals surface area contributed by atoms with E-state index in [0.717, 1.165) is 50.1 Å². The van der Waals surface area contributed by atoms with Gasteiger partial charge in [-0.15, -0.1) is 0 Å². The summed E-state index contributed by atoms with van der Waals surface area (Å²) in [5.74, 6) is 0. The van der Waals surface area contributed by atoms with Gasteiger partial charge in [-0.1, -0.05) is 200 Å². The van der Waals surface area contributed by atoms with Crippen LogP contribution < -0.4 is 4.90 Å². The fraction of sp³-hybridized carbons (Fsp3) is 0.0149. The minimum Gasteiger partial charge on any atom is -0.456 e. The first-order valence-electron chi connectivity index (χ1n) is 23.8. The number of para-hydroxylation sites is 1. The highest BCUT2D eigenvalue weighted by atomic mass is 16.3. The van der Waals surface area contributed by atoms with Crippen LogP contribution >= 0.6 is 0 Å². The molecule has 0 fully saturated rings. The Morgan fingerprint density at radius 1 is 0.290 bits per heavy atom. The van der Waals surface area contributed by atoms with E-state index in [1.54, 1.807) is 0 Å². The van der Waals surface area contributed by atoms with E-state index in [1.807, 2.05) is 0 Å². The topological polar surface area (TPSA) is 16.4 Å². The van der Waals surface area contributed by atoms with Crippen molar-refractivity contribution in [2.75, 3.05) is 4.90 Å². The zero-order valence-electron chi connectivity index (χ0n) is 37.7. The molecule has 69 heavy (non-hydrogen) atoms. The van der Waals surface area contributed by atoms with E-state index in [4.69, 9.17) is 4.42 Å². The second-order valence-corrected chi connectivity index (χ2v) is 18.4. The molecule has 1 aliphatic carbocycles. The monoisotopic (exact) mass is 877 g/mol. The molecular weight excluding hydrogens is 835 g/mol. The van der Waals surface area contributed by atoms with Gasteiger partial charge in [-0.25, -0.2) is 0 Å². The molecule has 0 unspecified atom stereocenters. The smallest absolute Gasteiger partial charge is 0.136 e. The maximum absolute atomic E-state index is 6.52. The van der Waals surface area contributed by atoms with Crippen molar-refractivity contribution in [3.05, 3.63) is 283 Å². The molecule has 0 spiro atoms. The first-order chi connectivity index (χ1) is 34.2. The van der Waals surface area contributed by atoms with Gasteiger partial charge in [0.1, 0.15) is 11.2 Å². The standard InChI is InChI=1S/C67H43NO/c1-3-20-49(21-4-1)67(50-22-5-2-6-23-50)62-29-15-13-28-57(62)58-37-36-52(43-63(58)67)68(51-34-31-44(32-35-51)59-40-47-19-9-10-24-53(47)55-26-11-12-27-56(55)59)64-30-16-14-25-54(64)48-33-38-65-60(41-48)61-39-45-17-7-8-18-46(45)42-66(61)69-65/h1-43H. The number of fused-ring (bicyclic) bond motifs is 10. The summed E-state index contributed by atoms with van der Waals surface area (Å²) in [4.78, 5) is 2.47. The van der Waals surface area contributed by atoms with Crippen LogP contribution in [0.3, 0.4) is 0 Å². The SMILES string of the molecule is c1ccc(C2(c3ccccc3)c3ccccc3-c3ccc(N(c4ccc(-c5cc6ccccc6c6ccccc56)cc4)c4ccccc4-c4ccc5oc6cc7ccccc7cc6c5c4)cc32)cc1. The van der Waals surface area contributed by atoms with Crippen LogP contribution in [-0.2, 0) is 5.41 Å². The summed E-state index contributed by atoms with van der Waals surface area (Å²) in [6.07, 6.45) is 0. The van der Waals surface area contributed by atoms with Crippen LogP contribution in [0.15, 0.2) is 265 Å². The minimum absolute atomic E-state index is 0.547. The third kappa shape index (κ3) is 6.06. The summed E-state index contributed by atoms with van der Waals surface area (Å²) in [5, 5.41) is 9.61. The Morgan fingerprint density at radius 2 is 0.855 bits per heavy atom. The minimum atomic E-state index is -0.547. The van der Waals surface area contributed by atoms with E-state index in [2.05, 4.69) is 266 Å². The van der Waals surface area contributed by atoms with Gasteiger partial charge >= 0.3 is 0 Å². The zero-order valence-corrected chi connectivity index (χ0v) is 37.7. The van der Waals surface area contributed by atoms with Crippen molar-refractivity contribution in [1.82, 2.24) is 0 Å². The molecule has 1 heterocycles. The number of nitrogens with zero attached hydrogens (tertiary/aromatic N) is 1. The predicted octanol–water partition coefficient (Wildman–Crippen LogP) is 18.2. The molecule has 0 N–H and O–H groups in total. The van der Waals surface area contributed by atoms with E-state index in [0.29, 0.717) is 0 Å². The molecule has 1 aromatic heterocycles. The van der Waals surface area contributed by atoms with E-state index in [9.17, 15) is 0 Å². The van der Waals surface area contributed by atoms with Crippen LogP contribution in [0.4, 0.5) is 17.1 Å². The van der Waals surface area contributed by atoms with E-state index in [-0.39, 0.29) is 0 Å². The molecule has 0 aliphatic heterocycles. The number of rotatable bonds is 7.